The first-order chi connectivity index (χ1) is 13.0. The van der Waals surface area contributed by atoms with Crippen LogP contribution in [0.1, 0.15) is 32.4 Å². The standard InChI is InChI=1S/C25H28N2.2ClH/c1-25(2,3)24(27-15-13-26-14-16-27)21-12-10-19-8-7-17-5-4-6-18-9-11-20(21)23(19)22(17)18;;/h4-12,24,26H,13-16H2,1-3H3;2*1H/t24-;;/m1../s1. The highest BCUT2D eigenvalue weighted by atomic mass is 35.5. The van der Waals surface area contributed by atoms with Gasteiger partial charge in [0.05, 0.1) is 0 Å². The fourth-order valence-electron chi connectivity index (χ4n) is 5.15. The van der Waals surface area contributed by atoms with E-state index in [0.717, 1.165) is 26.2 Å². The molecule has 4 aromatic carbocycles. The molecule has 0 radical (unpaired) electrons. The molecule has 1 aliphatic heterocycles. The molecule has 0 bridgehead atoms. The molecule has 0 aliphatic carbocycles. The second-order valence-electron chi connectivity index (χ2n) is 9.07. The van der Waals surface area contributed by atoms with Crippen LogP contribution in [0, 0.1) is 5.41 Å². The van der Waals surface area contributed by atoms with Gasteiger partial charge in [-0.15, -0.1) is 24.8 Å². The molecule has 0 spiro atoms. The number of hydrogen-bond donors (Lipinski definition) is 1. The van der Waals surface area contributed by atoms with Gasteiger partial charge >= 0.3 is 0 Å². The lowest BCUT2D eigenvalue weighted by Crippen LogP contribution is -2.48. The van der Waals surface area contributed by atoms with Crippen molar-refractivity contribution in [2.75, 3.05) is 26.2 Å². The van der Waals surface area contributed by atoms with Crippen molar-refractivity contribution in [3.63, 3.8) is 0 Å². The zero-order chi connectivity index (χ0) is 18.6. The van der Waals surface area contributed by atoms with Gasteiger partial charge in [0.25, 0.3) is 0 Å². The van der Waals surface area contributed by atoms with Crippen LogP contribution in [0.5, 0.6) is 0 Å². The van der Waals surface area contributed by atoms with E-state index in [-0.39, 0.29) is 30.2 Å². The van der Waals surface area contributed by atoms with Crippen LogP contribution in [-0.4, -0.2) is 31.1 Å². The Morgan fingerprint density at radius 3 is 1.93 bits per heavy atom. The molecular formula is C25H30Cl2N2. The van der Waals surface area contributed by atoms with Crippen molar-refractivity contribution in [2.24, 2.45) is 5.41 Å². The number of halogens is 2. The summed E-state index contributed by atoms with van der Waals surface area (Å²) in [5.41, 5.74) is 1.66. The minimum atomic E-state index is 0. The van der Waals surface area contributed by atoms with Crippen molar-refractivity contribution in [2.45, 2.75) is 26.8 Å². The maximum absolute atomic E-state index is 3.51. The van der Waals surface area contributed by atoms with Gasteiger partial charge in [-0.1, -0.05) is 75.4 Å². The van der Waals surface area contributed by atoms with Gasteiger partial charge in [-0.3, -0.25) is 4.90 Å². The molecular weight excluding hydrogens is 399 g/mol. The maximum Gasteiger partial charge on any atom is 0.0403 e. The Hall–Kier alpha value is -1.58. The molecule has 4 heteroatoms. The van der Waals surface area contributed by atoms with Crippen LogP contribution in [0.4, 0.5) is 0 Å². The topological polar surface area (TPSA) is 15.3 Å². The maximum atomic E-state index is 3.51. The third-order valence-corrected chi connectivity index (χ3v) is 6.19. The number of nitrogens with one attached hydrogen (secondary N) is 1. The van der Waals surface area contributed by atoms with Crippen LogP contribution in [0.15, 0.2) is 54.6 Å². The lowest BCUT2D eigenvalue weighted by molar-refractivity contribution is 0.0873. The van der Waals surface area contributed by atoms with Gasteiger partial charge in [0.2, 0.25) is 0 Å². The van der Waals surface area contributed by atoms with Gasteiger partial charge < -0.3 is 5.32 Å². The first-order valence-electron chi connectivity index (χ1n) is 10.2. The normalized spacial score (nSPS) is 16.7. The largest absolute Gasteiger partial charge is 0.314 e. The van der Waals surface area contributed by atoms with Gasteiger partial charge in [-0.25, -0.2) is 0 Å². The van der Waals surface area contributed by atoms with E-state index < -0.39 is 0 Å². The van der Waals surface area contributed by atoms with Crippen LogP contribution < -0.4 is 5.32 Å². The molecule has 154 valence electrons. The number of rotatable bonds is 2. The SMILES string of the molecule is CC(C)(C)[C@@H](c1ccc2ccc3cccc4ccc1c2c34)N1CCNCC1.Cl.Cl. The summed E-state index contributed by atoms with van der Waals surface area (Å²) in [5, 5.41) is 11.8. The van der Waals surface area contributed by atoms with Crippen LogP contribution >= 0.6 is 24.8 Å². The summed E-state index contributed by atoms with van der Waals surface area (Å²) in [7, 11) is 0. The molecule has 0 aromatic heterocycles. The van der Waals surface area contributed by atoms with E-state index in [0.29, 0.717) is 6.04 Å². The Morgan fingerprint density at radius 1 is 0.759 bits per heavy atom. The van der Waals surface area contributed by atoms with E-state index >= 15 is 0 Å². The highest BCUT2D eigenvalue weighted by molar-refractivity contribution is 6.23. The van der Waals surface area contributed by atoms with E-state index in [1.807, 2.05) is 0 Å². The molecule has 0 amide bonds. The molecule has 1 heterocycles. The van der Waals surface area contributed by atoms with Crippen molar-refractivity contribution in [1.82, 2.24) is 10.2 Å². The zero-order valence-corrected chi connectivity index (χ0v) is 19.0. The smallest absolute Gasteiger partial charge is 0.0403 e. The first-order valence-corrected chi connectivity index (χ1v) is 10.2. The summed E-state index contributed by atoms with van der Waals surface area (Å²) in [5.74, 6) is 0. The molecule has 2 nitrogen and oxygen atoms in total. The Morgan fingerprint density at radius 2 is 1.31 bits per heavy atom. The highest BCUT2D eigenvalue weighted by Gasteiger charge is 2.33. The Kier molecular flexibility index (Phi) is 6.31. The van der Waals surface area contributed by atoms with E-state index in [1.54, 1.807) is 0 Å². The Balaban J connectivity index is 0.00000120. The predicted molar refractivity (Wildman–Crippen MR) is 131 cm³/mol. The fourth-order valence-corrected chi connectivity index (χ4v) is 5.15. The highest BCUT2D eigenvalue weighted by Crippen LogP contribution is 2.44. The van der Waals surface area contributed by atoms with Crippen LogP contribution in [0.3, 0.4) is 0 Å². The van der Waals surface area contributed by atoms with Crippen molar-refractivity contribution < 1.29 is 0 Å². The first kappa shape index (κ1) is 22.1. The van der Waals surface area contributed by atoms with Gasteiger partial charge in [-0.2, -0.15) is 0 Å². The second-order valence-corrected chi connectivity index (χ2v) is 9.07. The third kappa shape index (κ3) is 3.68. The summed E-state index contributed by atoms with van der Waals surface area (Å²) >= 11 is 0. The summed E-state index contributed by atoms with van der Waals surface area (Å²) in [6.45, 7) is 11.6. The lowest BCUT2D eigenvalue weighted by atomic mass is 9.78. The second kappa shape index (κ2) is 8.28. The molecule has 4 aromatic rings. The molecule has 1 saturated heterocycles. The third-order valence-electron chi connectivity index (χ3n) is 6.19. The fraction of sp³-hybridized carbons (Fsp3) is 0.360. The number of nitrogens with zero attached hydrogens (tertiary/aromatic N) is 1. The number of piperazine rings is 1. The van der Waals surface area contributed by atoms with Crippen LogP contribution in [0.25, 0.3) is 32.3 Å². The quantitative estimate of drug-likeness (QED) is 0.370. The molecule has 29 heavy (non-hydrogen) atoms. The zero-order valence-electron chi connectivity index (χ0n) is 17.4. The van der Waals surface area contributed by atoms with Crippen molar-refractivity contribution in [3.8, 4) is 0 Å². The van der Waals surface area contributed by atoms with Crippen molar-refractivity contribution in [3.05, 3.63) is 60.2 Å². The summed E-state index contributed by atoms with van der Waals surface area (Å²) in [6, 6.07) is 21.0. The minimum absolute atomic E-state index is 0. The molecule has 1 atom stereocenters. The summed E-state index contributed by atoms with van der Waals surface area (Å²) in [6.07, 6.45) is 0. The molecule has 1 aliphatic rings. The van der Waals surface area contributed by atoms with Crippen LogP contribution in [0.2, 0.25) is 0 Å². The Labute approximate surface area is 185 Å². The number of hydrogen-bond acceptors (Lipinski definition) is 2. The monoisotopic (exact) mass is 428 g/mol. The minimum Gasteiger partial charge on any atom is -0.314 e. The molecule has 5 rings (SSSR count). The van der Waals surface area contributed by atoms with E-state index in [9.17, 15) is 0 Å². The van der Waals surface area contributed by atoms with E-state index in [2.05, 4.69) is 85.6 Å². The lowest BCUT2D eigenvalue weighted by Gasteiger charge is -2.43. The van der Waals surface area contributed by atoms with E-state index in [1.165, 1.54) is 37.9 Å². The molecule has 1 fully saturated rings. The van der Waals surface area contributed by atoms with Gasteiger partial charge in [0.1, 0.15) is 0 Å². The van der Waals surface area contributed by atoms with Gasteiger partial charge in [0.15, 0.2) is 0 Å². The number of benzene rings is 4. The van der Waals surface area contributed by atoms with Crippen LogP contribution in [-0.2, 0) is 0 Å². The van der Waals surface area contributed by atoms with E-state index in [4.69, 9.17) is 0 Å². The molecule has 0 saturated carbocycles. The summed E-state index contributed by atoms with van der Waals surface area (Å²) in [4.78, 5) is 2.68. The van der Waals surface area contributed by atoms with Gasteiger partial charge in [0, 0.05) is 32.2 Å². The predicted octanol–water partition coefficient (Wildman–Crippen LogP) is 6.42. The van der Waals surface area contributed by atoms with Gasteiger partial charge in [-0.05, 0) is 43.3 Å². The molecule has 1 N–H and O–H groups in total. The average molecular weight is 429 g/mol. The molecule has 0 unspecified atom stereocenters. The average Bonchev–Trinajstić information content (AvgIpc) is 2.67. The summed E-state index contributed by atoms with van der Waals surface area (Å²) < 4.78 is 0. The van der Waals surface area contributed by atoms with Crippen molar-refractivity contribution in [1.29, 1.82) is 0 Å². The Bertz CT molecular complexity index is 1090. The van der Waals surface area contributed by atoms with Crippen molar-refractivity contribution >= 4 is 57.1 Å².